The summed E-state index contributed by atoms with van der Waals surface area (Å²) >= 11 is 1.79. The molecule has 2 aliphatic rings. The largest absolute Gasteiger partial charge is 0.399 e. The number of imidazole rings is 1. The highest BCUT2D eigenvalue weighted by Crippen LogP contribution is 2.38. The first-order valence-corrected chi connectivity index (χ1v) is 12.6. The molecule has 1 unspecified atom stereocenters. The molecule has 0 radical (unpaired) electrons. The van der Waals surface area contributed by atoms with E-state index in [-0.39, 0.29) is 0 Å². The average Bonchev–Trinajstić information content (AvgIpc) is 3.39. The molecule has 1 aromatic carbocycles. The van der Waals surface area contributed by atoms with E-state index in [1.54, 1.807) is 11.8 Å². The fraction of sp³-hybridized carbons (Fsp3) is 0.458. The van der Waals surface area contributed by atoms with Gasteiger partial charge < -0.3 is 20.5 Å². The molecule has 7 nitrogen and oxygen atoms in total. The number of likely N-dealkylation sites (tertiary alicyclic amines) is 1. The Balaban J connectivity index is 1.33. The molecule has 8 heteroatoms. The number of anilines is 2. The minimum atomic E-state index is 0.675. The van der Waals surface area contributed by atoms with Crippen LogP contribution in [0.2, 0.25) is 0 Å². The third-order valence-corrected chi connectivity index (χ3v) is 7.34. The van der Waals surface area contributed by atoms with E-state index in [0.29, 0.717) is 12.0 Å². The normalized spacial score (nSPS) is 18.6. The van der Waals surface area contributed by atoms with Crippen molar-refractivity contribution in [2.45, 2.75) is 50.4 Å². The van der Waals surface area contributed by atoms with Crippen molar-refractivity contribution in [3.63, 3.8) is 0 Å². The lowest BCUT2D eigenvalue weighted by Crippen LogP contribution is -2.38. The van der Waals surface area contributed by atoms with Crippen LogP contribution >= 0.6 is 11.8 Å². The van der Waals surface area contributed by atoms with E-state index in [9.17, 15) is 0 Å². The molecule has 4 heterocycles. The Morgan fingerprint density at radius 2 is 2.12 bits per heavy atom. The number of hydrogen-bond acceptors (Lipinski definition) is 7. The van der Waals surface area contributed by atoms with Crippen molar-refractivity contribution in [3.8, 4) is 22.6 Å². The molecular weight excluding hydrogens is 418 g/mol. The van der Waals surface area contributed by atoms with Crippen molar-refractivity contribution in [1.29, 1.82) is 0 Å². The van der Waals surface area contributed by atoms with Crippen molar-refractivity contribution in [1.82, 2.24) is 24.4 Å². The second-order valence-corrected chi connectivity index (χ2v) is 9.71. The number of fused-ring (bicyclic) bond motifs is 1. The molecule has 0 bridgehead atoms. The van der Waals surface area contributed by atoms with Gasteiger partial charge in [0, 0.05) is 48.9 Å². The molecule has 3 N–H and O–H groups in total. The third kappa shape index (κ3) is 4.47. The van der Waals surface area contributed by atoms with Crippen LogP contribution in [0, 0.1) is 0 Å². The number of piperidine rings is 1. The summed E-state index contributed by atoms with van der Waals surface area (Å²) in [6.07, 6.45) is 6.94. The Hall–Kier alpha value is -2.58. The van der Waals surface area contributed by atoms with Gasteiger partial charge >= 0.3 is 0 Å². The van der Waals surface area contributed by atoms with Crippen molar-refractivity contribution >= 4 is 23.4 Å². The standard InChI is InChI=1S/C24H31N7S/c1-17-6-2-3-12-30(17)13-5-10-26-23-27-11-9-20(28-23)22-21(18-7-4-8-19(25)16-18)29-24-31(22)14-15-32-24/h4,7-9,11,16-17H,2-3,5-6,10,12-15,25H2,1H3,(H,26,27,28). The molecule has 1 fully saturated rings. The number of aromatic nitrogens is 4. The van der Waals surface area contributed by atoms with Crippen LogP contribution < -0.4 is 11.1 Å². The van der Waals surface area contributed by atoms with Gasteiger partial charge in [0.25, 0.3) is 0 Å². The van der Waals surface area contributed by atoms with Gasteiger partial charge in [-0.2, -0.15) is 0 Å². The van der Waals surface area contributed by atoms with Gasteiger partial charge in [-0.15, -0.1) is 0 Å². The second kappa shape index (κ2) is 9.50. The fourth-order valence-electron chi connectivity index (χ4n) is 4.67. The lowest BCUT2D eigenvalue weighted by Gasteiger charge is -2.33. The Kier molecular flexibility index (Phi) is 6.32. The number of rotatable bonds is 7. The van der Waals surface area contributed by atoms with E-state index in [0.717, 1.165) is 65.3 Å². The summed E-state index contributed by atoms with van der Waals surface area (Å²) in [5, 5.41) is 4.48. The first kappa shape index (κ1) is 21.3. The molecule has 0 aliphatic carbocycles. The minimum absolute atomic E-state index is 0.675. The molecule has 168 valence electrons. The van der Waals surface area contributed by atoms with E-state index in [2.05, 4.69) is 32.8 Å². The highest BCUT2D eigenvalue weighted by molar-refractivity contribution is 7.99. The molecule has 0 spiro atoms. The monoisotopic (exact) mass is 449 g/mol. The van der Waals surface area contributed by atoms with Crippen LogP contribution in [-0.4, -0.2) is 55.8 Å². The topological polar surface area (TPSA) is 84.9 Å². The Morgan fingerprint density at radius 3 is 3.00 bits per heavy atom. The fourth-order valence-corrected chi connectivity index (χ4v) is 5.62. The van der Waals surface area contributed by atoms with Gasteiger partial charge in [-0.3, -0.25) is 0 Å². The summed E-state index contributed by atoms with van der Waals surface area (Å²) < 4.78 is 2.27. The minimum Gasteiger partial charge on any atom is -0.399 e. The van der Waals surface area contributed by atoms with Gasteiger partial charge in [-0.25, -0.2) is 15.0 Å². The summed E-state index contributed by atoms with van der Waals surface area (Å²) in [6, 6.07) is 10.6. The highest BCUT2D eigenvalue weighted by atomic mass is 32.2. The zero-order valence-electron chi connectivity index (χ0n) is 18.6. The number of benzene rings is 1. The first-order chi connectivity index (χ1) is 15.7. The average molecular weight is 450 g/mol. The summed E-state index contributed by atoms with van der Waals surface area (Å²) in [6.45, 7) is 6.50. The summed E-state index contributed by atoms with van der Waals surface area (Å²) in [5.41, 5.74) is 10.7. The van der Waals surface area contributed by atoms with Gasteiger partial charge in [0.05, 0.1) is 17.1 Å². The Labute approximate surface area is 193 Å². The van der Waals surface area contributed by atoms with Crippen LogP contribution in [0.4, 0.5) is 11.6 Å². The van der Waals surface area contributed by atoms with Gasteiger partial charge in [-0.05, 0) is 50.9 Å². The molecule has 1 saturated heterocycles. The van der Waals surface area contributed by atoms with Crippen LogP contribution in [-0.2, 0) is 6.54 Å². The number of thioether (sulfide) groups is 1. The zero-order valence-corrected chi connectivity index (χ0v) is 19.4. The van der Waals surface area contributed by atoms with E-state index >= 15 is 0 Å². The first-order valence-electron chi connectivity index (χ1n) is 11.6. The molecule has 2 aromatic heterocycles. The van der Waals surface area contributed by atoms with Gasteiger partial charge in [-0.1, -0.05) is 30.3 Å². The highest BCUT2D eigenvalue weighted by Gasteiger charge is 2.25. The molecule has 2 aliphatic heterocycles. The SMILES string of the molecule is CC1CCCCN1CCCNc1nccc(-c2c(-c3cccc(N)c3)nc3n2CCS3)n1. The molecule has 3 aromatic rings. The van der Waals surface area contributed by atoms with E-state index in [4.69, 9.17) is 15.7 Å². The Morgan fingerprint density at radius 1 is 1.19 bits per heavy atom. The maximum atomic E-state index is 6.05. The van der Waals surface area contributed by atoms with Crippen molar-refractivity contribution in [3.05, 3.63) is 36.5 Å². The number of nitrogens with one attached hydrogen (secondary N) is 1. The quantitative estimate of drug-likeness (QED) is 0.409. The number of nitrogens with zero attached hydrogens (tertiary/aromatic N) is 5. The van der Waals surface area contributed by atoms with E-state index < -0.39 is 0 Å². The van der Waals surface area contributed by atoms with Crippen LogP contribution in [0.3, 0.4) is 0 Å². The lowest BCUT2D eigenvalue weighted by molar-refractivity contribution is 0.160. The van der Waals surface area contributed by atoms with Crippen molar-refractivity contribution in [2.24, 2.45) is 0 Å². The zero-order chi connectivity index (χ0) is 21.9. The van der Waals surface area contributed by atoms with Gasteiger partial charge in [0.15, 0.2) is 5.16 Å². The number of nitrogens with two attached hydrogens (primary N) is 1. The molecule has 0 amide bonds. The van der Waals surface area contributed by atoms with Crippen molar-refractivity contribution < 1.29 is 0 Å². The van der Waals surface area contributed by atoms with Gasteiger partial charge in [0.2, 0.25) is 5.95 Å². The van der Waals surface area contributed by atoms with Gasteiger partial charge in [0.1, 0.15) is 0 Å². The van der Waals surface area contributed by atoms with Crippen LogP contribution in [0.25, 0.3) is 22.6 Å². The maximum Gasteiger partial charge on any atom is 0.223 e. The third-order valence-electron chi connectivity index (χ3n) is 6.38. The molecule has 1 atom stereocenters. The van der Waals surface area contributed by atoms with Crippen LogP contribution in [0.1, 0.15) is 32.6 Å². The van der Waals surface area contributed by atoms with Crippen molar-refractivity contribution in [2.75, 3.05) is 36.4 Å². The summed E-state index contributed by atoms with van der Waals surface area (Å²) in [4.78, 5) is 16.9. The second-order valence-electron chi connectivity index (χ2n) is 8.64. The maximum absolute atomic E-state index is 6.05. The summed E-state index contributed by atoms with van der Waals surface area (Å²) in [5.74, 6) is 1.71. The molecule has 0 saturated carbocycles. The molecule has 5 rings (SSSR count). The van der Waals surface area contributed by atoms with Crippen LogP contribution in [0.15, 0.2) is 41.7 Å². The number of nitrogen functional groups attached to an aromatic ring is 1. The number of hydrogen-bond donors (Lipinski definition) is 2. The predicted octanol–water partition coefficient (Wildman–Crippen LogP) is 4.37. The smallest absolute Gasteiger partial charge is 0.223 e. The van der Waals surface area contributed by atoms with Crippen LogP contribution in [0.5, 0.6) is 0 Å². The van der Waals surface area contributed by atoms with E-state index in [1.807, 2.05) is 30.5 Å². The molecule has 32 heavy (non-hydrogen) atoms. The summed E-state index contributed by atoms with van der Waals surface area (Å²) in [7, 11) is 0. The van der Waals surface area contributed by atoms with E-state index in [1.165, 1.54) is 25.8 Å². The predicted molar refractivity (Wildman–Crippen MR) is 132 cm³/mol. The lowest BCUT2D eigenvalue weighted by atomic mass is 10.0. The Bertz CT molecular complexity index is 1080. The molecular formula is C24H31N7S.